The first-order valence-electron chi connectivity index (χ1n) is 7.70. The van der Waals surface area contributed by atoms with Gasteiger partial charge in [-0.2, -0.15) is 0 Å². The van der Waals surface area contributed by atoms with Gasteiger partial charge in [-0.3, -0.25) is 10.1 Å². The average molecular weight is 274 g/mol. The Balaban J connectivity index is 2.13. The molecule has 0 radical (unpaired) electrons. The number of benzene rings is 1. The predicted molar refractivity (Wildman–Crippen MR) is 82.5 cm³/mol. The van der Waals surface area contributed by atoms with Crippen LogP contribution in [0.3, 0.4) is 0 Å². The maximum absolute atomic E-state index is 11.8. The molecule has 20 heavy (non-hydrogen) atoms. The number of nitrogens with one attached hydrogen (secondary N) is 1. The van der Waals surface area contributed by atoms with Gasteiger partial charge in [0.1, 0.15) is 6.04 Å². The maximum atomic E-state index is 11.8. The lowest BCUT2D eigenvalue weighted by Gasteiger charge is -2.23. The summed E-state index contributed by atoms with van der Waals surface area (Å²) < 4.78 is 0. The van der Waals surface area contributed by atoms with E-state index in [1.807, 2.05) is 6.07 Å². The van der Waals surface area contributed by atoms with Crippen LogP contribution in [-0.4, -0.2) is 11.9 Å². The van der Waals surface area contributed by atoms with Crippen LogP contribution < -0.4 is 11.1 Å². The molecule has 0 heterocycles. The number of carbonyl (C=O) groups excluding carboxylic acids is 1. The summed E-state index contributed by atoms with van der Waals surface area (Å²) in [5.74, 6) is -0.280. The molecule has 3 N–H and O–H groups in total. The molecule has 1 aliphatic rings. The quantitative estimate of drug-likeness (QED) is 0.829. The zero-order valence-electron chi connectivity index (χ0n) is 12.6. The molecule has 0 saturated heterocycles. The monoisotopic (exact) mass is 274 g/mol. The van der Waals surface area contributed by atoms with E-state index in [2.05, 4.69) is 31.3 Å². The molecule has 1 aliphatic carbocycles. The van der Waals surface area contributed by atoms with Crippen LogP contribution in [0, 0.1) is 13.8 Å². The number of primary amides is 1. The van der Waals surface area contributed by atoms with E-state index in [9.17, 15) is 4.79 Å². The Bertz CT molecular complexity index is 462. The number of carbonyl (C=O) groups is 1. The normalized spacial score (nSPS) is 18.5. The molecule has 1 fully saturated rings. The van der Waals surface area contributed by atoms with Crippen LogP contribution in [0.5, 0.6) is 0 Å². The number of hydrogen-bond donors (Lipinski definition) is 2. The highest BCUT2D eigenvalue weighted by Gasteiger charge is 2.22. The Labute approximate surface area is 121 Å². The summed E-state index contributed by atoms with van der Waals surface area (Å²) in [4.78, 5) is 11.8. The predicted octanol–water partition coefficient (Wildman–Crippen LogP) is 3.14. The second-order valence-electron chi connectivity index (χ2n) is 6.03. The van der Waals surface area contributed by atoms with Crippen molar-refractivity contribution in [1.82, 2.24) is 5.32 Å². The summed E-state index contributed by atoms with van der Waals surface area (Å²) in [6, 6.07) is 6.21. The first kappa shape index (κ1) is 15.0. The molecule has 1 amide bonds. The Morgan fingerprint density at radius 2 is 1.80 bits per heavy atom. The van der Waals surface area contributed by atoms with Crippen molar-refractivity contribution in [1.29, 1.82) is 0 Å². The summed E-state index contributed by atoms with van der Waals surface area (Å²) in [5, 5.41) is 3.48. The first-order chi connectivity index (χ1) is 9.58. The number of rotatable bonds is 4. The molecule has 2 rings (SSSR count). The van der Waals surface area contributed by atoms with E-state index >= 15 is 0 Å². The molecule has 1 aromatic carbocycles. The molecule has 0 spiro atoms. The van der Waals surface area contributed by atoms with E-state index in [0.29, 0.717) is 6.04 Å². The van der Waals surface area contributed by atoms with Gasteiger partial charge in [0, 0.05) is 6.04 Å². The zero-order valence-corrected chi connectivity index (χ0v) is 12.6. The van der Waals surface area contributed by atoms with Gasteiger partial charge < -0.3 is 5.73 Å². The highest BCUT2D eigenvalue weighted by atomic mass is 16.1. The summed E-state index contributed by atoms with van der Waals surface area (Å²) >= 11 is 0. The molecule has 0 aromatic heterocycles. The van der Waals surface area contributed by atoms with Crippen molar-refractivity contribution in [3.63, 3.8) is 0 Å². The smallest absolute Gasteiger partial charge is 0.239 e. The zero-order chi connectivity index (χ0) is 14.5. The van der Waals surface area contributed by atoms with E-state index in [1.54, 1.807) is 0 Å². The van der Waals surface area contributed by atoms with Crippen LogP contribution in [0.15, 0.2) is 18.2 Å². The third-order valence-electron chi connectivity index (χ3n) is 4.41. The fourth-order valence-corrected chi connectivity index (χ4v) is 2.97. The average Bonchev–Trinajstić information content (AvgIpc) is 2.67. The molecule has 1 aromatic rings. The number of aryl methyl sites for hydroxylation is 2. The van der Waals surface area contributed by atoms with E-state index in [0.717, 1.165) is 18.4 Å². The Morgan fingerprint density at radius 3 is 2.35 bits per heavy atom. The third kappa shape index (κ3) is 3.83. The standard InChI is InChI=1S/C17H26N2O/c1-12-9-10-14(11-13(12)2)16(17(18)20)19-15-7-5-3-4-6-8-15/h9-11,15-16,19H,3-8H2,1-2H3,(H2,18,20). The van der Waals surface area contributed by atoms with Gasteiger partial charge in [0.25, 0.3) is 0 Å². The minimum atomic E-state index is -0.364. The Kier molecular flexibility index (Phi) is 5.18. The second-order valence-corrected chi connectivity index (χ2v) is 6.03. The van der Waals surface area contributed by atoms with Crippen LogP contribution in [0.4, 0.5) is 0 Å². The summed E-state index contributed by atoms with van der Waals surface area (Å²) in [5.41, 5.74) is 9.05. The second kappa shape index (κ2) is 6.89. The van der Waals surface area contributed by atoms with Crippen LogP contribution >= 0.6 is 0 Å². The Hall–Kier alpha value is -1.35. The highest BCUT2D eigenvalue weighted by Crippen LogP contribution is 2.22. The minimum Gasteiger partial charge on any atom is -0.368 e. The Morgan fingerprint density at radius 1 is 1.15 bits per heavy atom. The van der Waals surface area contributed by atoms with Gasteiger partial charge in [-0.15, -0.1) is 0 Å². The number of nitrogens with two attached hydrogens (primary N) is 1. The van der Waals surface area contributed by atoms with Crippen molar-refractivity contribution in [2.24, 2.45) is 5.73 Å². The number of hydrogen-bond acceptors (Lipinski definition) is 2. The minimum absolute atomic E-state index is 0.280. The molecule has 110 valence electrons. The van der Waals surface area contributed by atoms with Crippen molar-refractivity contribution in [3.8, 4) is 0 Å². The van der Waals surface area contributed by atoms with Crippen molar-refractivity contribution in [2.75, 3.05) is 0 Å². The lowest BCUT2D eigenvalue weighted by atomic mass is 9.98. The van der Waals surface area contributed by atoms with E-state index in [4.69, 9.17) is 5.73 Å². The molecule has 1 atom stereocenters. The molecule has 1 saturated carbocycles. The van der Waals surface area contributed by atoms with E-state index in [1.165, 1.54) is 36.8 Å². The van der Waals surface area contributed by atoms with Crippen LogP contribution in [0.1, 0.15) is 61.3 Å². The highest BCUT2D eigenvalue weighted by molar-refractivity contribution is 5.81. The summed E-state index contributed by atoms with van der Waals surface area (Å²) in [7, 11) is 0. The summed E-state index contributed by atoms with van der Waals surface area (Å²) in [6.07, 6.45) is 7.40. The van der Waals surface area contributed by atoms with Crippen LogP contribution in [-0.2, 0) is 4.79 Å². The fourth-order valence-electron chi connectivity index (χ4n) is 2.97. The molecule has 3 nitrogen and oxygen atoms in total. The van der Waals surface area contributed by atoms with Gasteiger partial charge in [0.15, 0.2) is 0 Å². The maximum Gasteiger partial charge on any atom is 0.239 e. The van der Waals surface area contributed by atoms with Crippen LogP contribution in [0.2, 0.25) is 0 Å². The van der Waals surface area contributed by atoms with Crippen molar-refractivity contribution in [3.05, 3.63) is 34.9 Å². The van der Waals surface area contributed by atoms with Crippen molar-refractivity contribution < 1.29 is 4.79 Å². The molecule has 3 heteroatoms. The van der Waals surface area contributed by atoms with Gasteiger partial charge >= 0.3 is 0 Å². The van der Waals surface area contributed by atoms with Gasteiger partial charge in [-0.05, 0) is 43.4 Å². The van der Waals surface area contributed by atoms with Gasteiger partial charge in [-0.25, -0.2) is 0 Å². The first-order valence-corrected chi connectivity index (χ1v) is 7.70. The van der Waals surface area contributed by atoms with Gasteiger partial charge in [-0.1, -0.05) is 43.9 Å². The van der Waals surface area contributed by atoms with Crippen molar-refractivity contribution >= 4 is 5.91 Å². The summed E-state index contributed by atoms with van der Waals surface area (Å²) in [6.45, 7) is 4.15. The lowest BCUT2D eigenvalue weighted by molar-refractivity contribution is -0.120. The van der Waals surface area contributed by atoms with Gasteiger partial charge in [0.05, 0.1) is 0 Å². The lowest BCUT2D eigenvalue weighted by Crippen LogP contribution is -2.40. The van der Waals surface area contributed by atoms with Gasteiger partial charge in [0.2, 0.25) is 5.91 Å². The molecule has 1 unspecified atom stereocenters. The van der Waals surface area contributed by atoms with E-state index in [-0.39, 0.29) is 11.9 Å². The molecule has 0 bridgehead atoms. The number of amides is 1. The largest absolute Gasteiger partial charge is 0.368 e. The topological polar surface area (TPSA) is 55.1 Å². The van der Waals surface area contributed by atoms with Crippen molar-refractivity contribution in [2.45, 2.75) is 64.5 Å². The molecular weight excluding hydrogens is 248 g/mol. The molecular formula is C17H26N2O. The van der Waals surface area contributed by atoms with E-state index < -0.39 is 0 Å². The molecule has 0 aliphatic heterocycles. The fraction of sp³-hybridized carbons (Fsp3) is 0.588. The third-order valence-corrected chi connectivity index (χ3v) is 4.41. The van der Waals surface area contributed by atoms with Crippen LogP contribution in [0.25, 0.3) is 0 Å². The SMILES string of the molecule is Cc1ccc(C(NC2CCCCCC2)C(N)=O)cc1C.